The van der Waals surface area contributed by atoms with E-state index in [-0.39, 0.29) is 0 Å². The topological polar surface area (TPSA) is 12.0 Å². The second-order valence-corrected chi connectivity index (χ2v) is 6.69. The zero-order valence-corrected chi connectivity index (χ0v) is 12.3. The maximum absolute atomic E-state index is 5.76. The van der Waals surface area contributed by atoms with E-state index in [1.807, 2.05) is 0 Å². The third kappa shape index (κ3) is 3.25. The number of alkyl halides is 1. The number of anilines is 1. The number of aryl methyl sites for hydroxylation is 1. The number of fused-ring (bicyclic) bond motifs is 2. The lowest BCUT2D eigenvalue weighted by Crippen LogP contribution is -2.20. The predicted octanol–water partition coefficient (Wildman–Crippen LogP) is 4.71. The predicted molar refractivity (Wildman–Crippen MR) is 82.9 cm³/mol. The first-order valence-electron chi connectivity index (χ1n) is 7.74. The third-order valence-corrected chi connectivity index (χ3v) is 5.25. The van der Waals surface area contributed by atoms with E-state index in [4.69, 9.17) is 11.6 Å². The molecule has 2 aliphatic rings. The molecule has 0 amide bonds. The molecule has 1 aromatic rings. The van der Waals surface area contributed by atoms with Gasteiger partial charge in [0, 0.05) is 18.1 Å². The normalized spacial score (nSPS) is 28.8. The van der Waals surface area contributed by atoms with Gasteiger partial charge in [0.05, 0.1) is 0 Å². The molecule has 2 saturated carbocycles. The van der Waals surface area contributed by atoms with Crippen molar-refractivity contribution in [2.45, 2.75) is 38.5 Å². The van der Waals surface area contributed by atoms with Crippen LogP contribution in [0.5, 0.6) is 0 Å². The summed E-state index contributed by atoms with van der Waals surface area (Å²) in [6, 6.07) is 8.85. The lowest BCUT2D eigenvalue weighted by Gasteiger charge is -2.22. The van der Waals surface area contributed by atoms with Crippen LogP contribution in [0.15, 0.2) is 24.3 Å². The van der Waals surface area contributed by atoms with Gasteiger partial charge in [-0.2, -0.15) is 0 Å². The van der Waals surface area contributed by atoms with Gasteiger partial charge in [0.15, 0.2) is 0 Å². The van der Waals surface area contributed by atoms with E-state index in [1.165, 1.54) is 43.5 Å². The Morgan fingerprint density at radius 2 is 2.16 bits per heavy atom. The van der Waals surface area contributed by atoms with Crippen molar-refractivity contribution in [1.29, 1.82) is 0 Å². The Balaban J connectivity index is 1.52. The molecule has 2 fully saturated rings. The Labute approximate surface area is 121 Å². The fourth-order valence-corrected chi connectivity index (χ4v) is 4.12. The van der Waals surface area contributed by atoms with Crippen LogP contribution in [0.25, 0.3) is 0 Å². The molecular formula is C17H24ClN. The lowest BCUT2D eigenvalue weighted by molar-refractivity contribution is 0.348. The van der Waals surface area contributed by atoms with Gasteiger partial charge in [-0.1, -0.05) is 18.6 Å². The molecule has 3 unspecified atom stereocenters. The van der Waals surface area contributed by atoms with Crippen molar-refractivity contribution >= 4 is 17.3 Å². The maximum atomic E-state index is 5.76. The molecule has 0 aliphatic heterocycles. The summed E-state index contributed by atoms with van der Waals surface area (Å²) >= 11 is 5.76. The molecule has 3 rings (SSSR count). The van der Waals surface area contributed by atoms with Crippen LogP contribution >= 0.6 is 11.6 Å². The van der Waals surface area contributed by atoms with Gasteiger partial charge in [0.2, 0.25) is 0 Å². The van der Waals surface area contributed by atoms with Gasteiger partial charge >= 0.3 is 0 Å². The van der Waals surface area contributed by atoms with Crippen LogP contribution in [0.2, 0.25) is 0 Å². The molecule has 1 N–H and O–H groups in total. The Bertz CT molecular complexity index is 417. The molecule has 2 aliphatic carbocycles. The second kappa shape index (κ2) is 6.17. The van der Waals surface area contributed by atoms with Gasteiger partial charge in [-0.25, -0.2) is 0 Å². The second-order valence-electron chi connectivity index (χ2n) is 6.31. The van der Waals surface area contributed by atoms with E-state index in [0.717, 1.165) is 36.5 Å². The van der Waals surface area contributed by atoms with Crippen LogP contribution in [-0.2, 0) is 6.42 Å². The summed E-state index contributed by atoms with van der Waals surface area (Å²) in [5, 5.41) is 3.66. The monoisotopic (exact) mass is 277 g/mol. The number of benzene rings is 1. The highest BCUT2D eigenvalue weighted by Gasteiger charge is 2.38. The number of nitrogens with one attached hydrogen (secondary N) is 1. The van der Waals surface area contributed by atoms with Crippen LogP contribution in [0.1, 0.15) is 37.7 Å². The highest BCUT2D eigenvalue weighted by Crippen LogP contribution is 2.48. The first kappa shape index (κ1) is 13.3. The van der Waals surface area contributed by atoms with Crippen molar-refractivity contribution in [3.05, 3.63) is 29.8 Å². The van der Waals surface area contributed by atoms with Gasteiger partial charge in [-0.15, -0.1) is 11.6 Å². The number of rotatable bonds is 6. The molecule has 0 heterocycles. The summed E-state index contributed by atoms with van der Waals surface area (Å²) < 4.78 is 0. The Morgan fingerprint density at radius 1 is 1.21 bits per heavy atom. The van der Waals surface area contributed by atoms with Crippen molar-refractivity contribution in [3.63, 3.8) is 0 Å². The van der Waals surface area contributed by atoms with Crippen molar-refractivity contribution in [2.75, 3.05) is 17.7 Å². The van der Waals surface area contributed by atoms with Gasteiger partial charge in [-0.05, 0) is 67.6 Å². The van der Waals surface area contributed by atoms with Crippen LogP contribution in [0.4, 0.5) is 5.69 Å². The maximum Gasteiger partial charge on any atom is 0.0343 e. The molecule has 1 aromatic carbocycles. The largest absolute Gasteiger partial charge is 0.385 e. The lowest BCUT2D eigenvalue weighted by atomic mass is 9.89. The van der Waals surface area contributed by atoms with Crippen LogP contribution in [-0.4, -0.2) is 12.4 Å². The molecule has 3 atom stereocenters. The zero-order valence-electron chi connectivity index (χ0n) is 11.6. The van der Waals surface area contributed by atoms with Crippen molar-refractivity contribution in [3.8, 4) is 0 Å². The van der Waals surface area contributed by atoms with Crippen molar-refractivity contribution in [2.24, 2.45) is 17.8 Å². The number of hydrogen-bond acceptors (Lipinski definition) is 1. The molecule has 0 aromatic heterocycles. The molecule has 19 heavy (non-hydrogen) atoms. The first-order chi connectivity index (χ1) is 9.35. The molecule has 0 radical (unpaired) electrons. The minimum atomic E-state index is 0.753. The van der Waals surface area contributed by atoms with E-state index >= 15 is 0 Å². The molecule has 1 nitrogen and oxygen atoms in total. The summed E-state index contributed by atoms with van der Waals surface area (Å²) in [5.74, 6) is 3.73. The average molecular weight is 278 g/mol. The van der Waals surface area contributed by atoms with E-state index in [1.54, 1.807) is 0 Å². The van der Waals surface area contributed by atoms with E-state index in [9.17, 15) is 0 Å². The quantitative estimate of drug-likeness (QED) is 0.743. The van der Waals surface area contributed by atoms with Gasteiger partial charge in [0.1, 0.15) is 0 Å². The molecule has 2 heteroatoms. The molecule has 104 valence electrons. The molecule has 0 spiro atoms. The standard InChI is InChI=1S/C17H24ClN/c18-8-2-4-13-3-1-5-17(11-13)19-12-16-10-14-6-7-15(16)9-14/h1,3,5,11,14-16,19H,2,4,6-10,12H2. The Hall–Kier alpha value is -0.690. The molecular weight excluding hydrogens is 254 g/mol. The van der Waals surface area contributed by atoms with Crippen molar-refractivity contribution in [1.82, 2.24) is 0 Å². The van der Waals surface area contributed by atoms with Crippen LogP contribution in [0.3, 0.4) is 0 Å². The smallest absolute Gasteiger partial charge is 0.0343 e. The zero-order chi connectivity index (χ0) is 13.1. The summed E-state index contributed by atoms with van der Waals surface area (Å²) in [4.78, 5) is 0. The first-order valence-corrected chi connectivity index (χ1v) is 8.27. The van der Waals surface area contributed by atoms with Gasteiger partial charge in [-0.3, -0.25) is 0 Å². The van der Waals surface area contributed by atoms with E-state index < -0.39 is 0 Å². The average Bonchev–Trinajstić information content (AvgIpc) is 3.06. The third-order valence-electron chi connectivity index (χ3n) is 4.98. The van der Waals surface area contributed by atoms with E-state index in [2.05, 4.69) is 29.6 Å². The van der Waals surface area contributed by atoms with Crippen LogP contribution in [0, 0.1) is 17.8 Å². The van der Waals surface area contributed by atoms with E-state index in [0.29, 0.717) is 0 Å². The summed E-state index contributed by atoms with van der Waals surface area (Å²) in [5.41, 5.74) is 2.69. The highest BCUT2D eigenvalue weighted by molar-refractivity contribution is 6.17. The number of halogens is 1. The summed E-state index contributed by atoms with van der Waals surface area (Å²) in [7, 11) is 0. The van der Waals surface area contributed by atoms with Crippen molar-refractivity contribution < 1.29 is 0 Å². The number of hydrogen-bond donors (Lipinski definition) is 1. The van der Waals surface area contributed by atoms with Gasteiger partial charge < -0.3 is 5.32 Å². The Morgan fingerprint density at radius 3 is 2.89 bits per heavy atom. The summed E-state index contributed by atoms with van der Waals surface area (Å²) in [6.07, 6.45) is 8.10. The highest BCUT2D eigenvalue weighted by atomic mass is 35.5. The van der Waals surface area contributed by atoms with Crippen LogP contribution < -0.4 is 5.32 Å². The fraction of sp³-hybridized carbons (Fsp3) is 0.647. The molecule has 0 saturated heterocycles. The van der Waals surface area contributed by atoms with Gasteiger partial charge in [0.25, 0.3) is 0 Å². The minimum absolute atomic E-state index is 0.753. The fourth-order valence-electron chi connectivity index (χ4n) is 3.98. The molecule has 2 bridgehead atoms. The summed E-state index contributed by atoms with van der Waals surface area (Å²) in [6.45, 7) is 1.17. The SMILES string of the molecule is ClCCCc1cccc(NCC2CC3CCC2C3)c1. The Kier molecular flexibility index (Phi) is 4.32. The minimum Gasteiger partial charge on any atom is -0.385 e.